The summed E-state index contributed by atoms with van der Waals surface area (Å²) in [6.45, 7) is 9.43. The Labute approximate surface area is 252 Å². The van der Waals surface area contributed by atoms with Gasteiger partial charge in [-0.1, -0.05) is 51.5 Å². The maximum absolute atomic E-state index is 13.8. The third-order valence-corrected chi connectivity index (χ3v) is 8.55. The second kappa shape index (κ2) is 14.7. The average molecular weight is 601 g/mol. The van der Waals surface area contributed by atoms with E-state index in [0.29, 0.717) is 25.7 Å². The molecule has 0 aliphatic carbocycles. The standard InChI is InChI=1S/C31H44N4O6S/c1-19(21-12-14-22(15-13-21)27-20(2)32-18-42-27)33-29(39)24-16-23(36)17-35(24)30(40)28(31(3,4)5)34-25(37)10-8-7-9-11-26(38)41-6/h12-15,18-19,23-24,28,36H,7-11,16-17H2,1-6H3,(H,33,39)(H,34,37)/t19-,23+,24-,28+/m0/s1. The van der Waals surface area contributed by atoms with Gasteiger partial charge in [0.05, 0.1) is 35.3 Å². The lowest BCUT2D eigenvalue weighted by Gasteiger charge is -2.35. The number of unbranched alkanes of at least 4 members (excludes halogenated alkanes) is 2. The quantitative estimate of drug-likeness (QED) is 0.248. The number of nitrogens with one attached hydrogen (secondary N) is 2. The molecular weight excluding hydrogens is 556 g/mol. The van der Waals surface area contributed by atoms with E-state index >= 15 is 0 Å². The van der Waals surface area contributed by atoms with Gasteiger partial charge in [-0.25, -0.2) is 4.98 Å². The van der Waals surface area contributed by atoms with Crippen molar-refractivity contribution >= 4 is 35.0 Å². The molecule has 1 aliphatic rings. The van der Waals surface area contributed by atoms with Gasteiger partial charge in [0, 0.05) is 25.8 Å². The number of ether oxygens (including phenoxy) is 1. The Morgan fingerprint density at radius 1 is 1.10 bits per heavy atom. The molecule has 2 aromatic rings. The van der Waals surface area contributed by atoms with E-state index in [-0.39, 0.29) is 43.2 Å². The van der Waals surface area contributed by atoms with Gasteiger partial charge in [-0.2, -0.15) is 0 Å². The zero-order chi connectivity index (χ0) is 31.0. The van der Waals surface area contributed by atoms with E-state index < -0.39 is 29.5 Å². The lowest BCUT2D eigenvalue weighted by atomic mass is 9.85. The largest absolute Gasteiger partial charge is 0.469 e. The maximum atomic E-state index is 13.8. The van der Waals surface area contributed by atoms with Crippen LogP contribution < -0.4 is 10.6 Å². The van der Waals surface area contributed by atoms with Gasteiger partial charge in [0.15, 0.2) is 0 Å². The summed E-state index contributed by atoms with van der Waals surface area (Å²) < 4.78 is 4.63. The number of carbonyl (C=O) groups excluding carboxylic acids is 4. The lowest BCUT2D eigenvalue weighted by molar-refractivity contribution is -0.144. The van der Waals surface area contributed by atoms with Crippen LogP contribution in [0.2, 0.25) is 0 Å². The summed E-state index contributed by atoms with van der Waals surface area (Å²) in [6.07, 6.45) is 1.68. The summed E-state index contributed by atoms with van der Waals surface area (Å²) >= 11 is 1.58. The molecule has 42 heavy (non-hydrogen) atoms. The number of benzene rings is 1. The number of nitrogens with zero attached hydrogens (tertiary/aromatic N) is 2. The van der Waals surface area contributed by atoms with Crippen molar-refractivity contribution in [2.45, 2.75) is 97.4 Å². The summed E-state index contributed by atoms with van der Waals surface area (Å²) in [5.41, 5.74) is 4.13. The fourth-order valence-corrected chi connectivity index (χ4v) is 5.89. The molecule has 1 aromatic carbocycles. The summed E-state index contributed by atoms with van der Waals surface area (Å²) in [5.74, 6) is -1.29. The molecule has 0 radical (unpaired) electrons. The zero-order valence-corrected chi connectivity index (χ0v) is 26.3. The zero-order valence-electron chi connectivity index (χ0n) is 25.4. The van der Waals surface area contributed by atoms with Gasteiger partial charge < -0.3 is 25.4 Å². The number of aliphatic hydroxyl groups excluding tert-OH is 1. The minimum atomic E-state index is -0.874. The Morgan fingerprint density at radius 2 is 1.76 bits per heavy atom. The van der Waals surface area contributed by atoms with Crippen molar-refractivity contribution in [3.63, 3.8) is 0 Å². The average Bonchev–Trinajstić information content (AvgIpc) is 3.55. The summed E-state index contributed by atoms with van der Waals surface area (Å²) in [7, 11) is 1.34. The van der Waals surface area contributed by atoms with Crippen molar-refractivity contribution in [2.24, 2.45) is 5.41 Å². The van der Waals surface area contributed by atoms with E-state index in [9.17, 15) is 24.3 Å². The fraction of sp³-hybridized carbons (Fsp3) is 0.581. The van der Waals surface area contributed by atoms with E-state index in [1.54, 1.807) is 11.3 Å². The second-order valence-electron chi connectivity index (χ2n) is 12.0. The van der Waals surface area contributed by atoms with Gasteiger partial charge in [0.25, 0.3) is 0 Å². The van der Waals surface area contributed by atoms with Gasteiger partial charge in [-0.05, 0) is 43.2 Å². The highest BCUT2D eigenvalue weighted by molar-refractivity contribution is 7.13. The molecule has 230 valence electrons. The summed E-state index contributed by atoms with van der Waals surface area (Å²) in [4.78, 5) is 58.0. The van der Waals surface area contributed by atoms with Crippen LogP contribution in [-0.2, 0) is 23.9 Å². The number of aryl methyl sites for hydroxylation is 1. The molecule has 3 N–H and O–H groups in total. The number of rotatable bonds is 12. The Hall–Kier alpha value is -3.31. The molecule has 1 saturated heterocycles. The van der Waals surface area contributed by atoms with Crippen molar-refractivity contribution in [1.29, 1.82) is 0 Å². The minimum Gasteiger partial charge on any atom is -0.469 e. The van der Waals surface area contributed by atoms with Gasteiger partial charge in [0.2, 0.25) is 17.7 Å². The first-order valence-electron chi connectivity index (χ1n) is 14.5. The first-order valence-corrected chi connectivity index (χ1v) is 15.3. The Morgan fingerprint density at radius 3 is 2.36 bits per heavy atom. The molecule has 0 spiro atoms. The molecular formula is C31H44N4O6S. The van der Waals surface area contributed by atoms with Crippen LogP contribution in [0.15, 0.2) is 29.8 Å². The third-order valence-electron chi connectivity index (χ3n) is 7.57. The SMILES string of the molecule is COC(=O)CCCCCC(=O)N[C@H](C(=O)N1C[C@H](O)C[C@H]1C(=O)N[C@@H](C)c1ccc(-c2scnc2C)cc1)C(C)(C)C. The highest BCUT2D eigenvalue weighted by Crippen LogP contribution is 2.29. The Kier molecular flexibility index (Phi) is 11.6. The topological polar surface area (TPSA) is 138 Å². The molecule has 10 nitrogen and oxygen atoms in total. The van der Waals surface area contributed by atoms with Crippen molar-refractivity contribution in [1.82, 2.24) is 20.5 Å². The summed E-state index contributed by atoms with van der Waals surface area (Å²) in [5, 5.41) is 16.3. The van der Waals surface area contributed by atoms with Crippen LogP contribution in [0.4, 0.5) is 0 Å². The molecule has 0 bridgehead atoms. The monoisotopic (exact) mass is 600 g/mol. The second-order valence-corrected chi connectivity index (χ2v) is 12.9. The van der Waals surface area contributed by atoms with Gasteiger partial charge in [-0.3, -0.25) is 19.2 Å². The fourth-order valence-electron chi connectivity index (χ4n) is 5.08. The molecule has 0 saturated carbocycles. The molecule has 1 aromatic heterocycles. The molecule has 3 amide bonds. The normalized spacial score (nSPS) is 18.3. The molecule has 3 rings (SSSR count). The van der Waals surface area contributed by atoms with Crippen LogP contribution in [0.5, 0.6) is 0 Å². The molecule has 1 aliphatic heterocycles. The molecule has 1 fully saturated rings. The maximum Gasteiger partial charge on any atom is 0.305 e. The number of carbonyl (C=O) groups is 4. The number of hydrogen-bond acceptors (Lipinski definition) is 8. The number of aliphatic hydroxyl groups is 1. The number of esters is 1. The highest BCUT2D eigenvalue weighted by atomic mass is 32.1. The number of thiazole rings is 1. The van der Waals surface area contributed by atoms with Crippen molar-refractivity contribution in [3.05, 3.63) is 41.0 Å². The Bertz CT molecular complexity index is 1240. The highest BCUT2D eigenvalue weighted by Gasteiger charge is 2.44. The van der Waals surface area contributed by atoms with E-state index in [1.165, 1.54) is 12.0 Å². The molecule has 4 atom stereocenters. The summed E-state index contributed by atoms with van der Waals surface area (Å²) in [6, 6.07) is 5.89. The lowest BCUT2D eigenvalue weighted by Crippen LogP contribution is -2.57. The van der Waals surface area contributed by atoms with Gasteiger partial charge in [-0.15, -0.1) is 11.3 Å². The number of methoxy groups -OCH3 is 1. The van der Waals surface area contributed by atoms with Crippen LogP contribution in [-0.4, -0.2) is 70.5 Å². The number of β-amino-alcohol motifs (C(OH)–C–C–N with tert-alkyl or cyclic N) is 1. The van der Waals surface area contributed by atoms with E-state index in [0.717, 1.165) is 21.7 Å². The number of likely N-dealkylation sites (tertiary alicyclic amines) is 1. The van der Waals surface area contributed by atoms with Crippen LogP contribution in [0.1, 0.15) is 83.5 Å². The third kappa shape index (κ3) is 8.84. The predicted molar refractivity (Wildman–Crippen MR) is 161 cm³/mol. The van der Waals surface area contributed by atoms with Crippen LogP contribution in [0, 0.1) is 12.3 Å². The van der Waals surface area contributed by atoms with Crippen molar-refractivity contribution in [3.8, 4) is 10.4 Å². The smallest absolute Gasteiger partial charge is 0.305 e. The Balaban J connectivity index is 1.62. The molecule has 2 heterocycles. The van der Waals surface area contributed by atoms with E-state index in [4.69, 9.17) is 0 Å². The van der Waals surface area contributed by atoms with Crippen LogP contribution in [0.3, 0.4) is 0 Å². The predicted octanol–water partition coefficient (Wildman–Crippen LogP) is 3.91. The molecule has 11 heteroatoms. The van der Waals surface area contributed by atoms with E-state index in [1.807, 2.05) is 64.4 Å². The van der Waals surface area contributed by atoms with Crippen molar-refractivity contribution in [2.75, 3.05) is 13.7 Å². The number of aromatic nitrogens is 1. The van der Waals surface area contributed by atoms with Crippen LogP contribution >= 0.6 is 11.3 Å². The first kappa shape index (κ1) is 33.2. The molecule has 0 unspecified atom stereocenters. The van der Waals surface area contributed by atoms with E-state index in [2.05, 4.69) is 20.4 Å². The van der Waals surface area contributed by atoms with Gasteiger partial charge >= 0.3 is 5.97 Å². The van der Waals surface area contributed by atoms with Crippen molar-refractivity contribution < 1.29 is 29.0 Å². The number of hydrogen-bond donors (Lipinski definition) is 3. The first-order chi connectivity index (χ1) is 19.8. The minimum absolute atomic E-state index is 0.0180. The van der Waals surface area contributed by atoms with Crippen LogP contribution in [0.25, 0.3) is 10.4 Å². The number of amides is 3. The van der Waals surface area contributed by atoms with Gasteiger partial charge in [0.1, 0.15) is 12.1 Å².